The van der Waals surface area contributed by atoms with E-state index in [1.54, 1.807) is 0 Å². The molecule has 0 radical (unpaired) electrons. The summed E-state index contributed by atoms with van der Waals surface area (Å²) in [6.07, 6.45) is 4.57. The summed E-state index contributed by atoms with van der Waals surface area (Å²) >= 11 is 0. The van der Waals surface area contributed by atoms with Crippen LogP contribution in [0.4, 0.5) is 0 Å². The Morgan fingerprint density at radius 1 is 0.731 bits per heavy atom. The van der Waals surface area contributed by atoms with Crippen molar-refractivity contribution in [3.8, 4) is 0 Å². The van der Waals surface area contributed by atoms with Crippen LogP contribution in [0.2, 0.25) is 0 Å². The zero-order valence-electron chi connectivity index (χ0n) is 19.9. The van der Waals surface area contributed by atoms with Crippen LogP contribution in [0.1, 0.15) is 75.2 Å². The Kier molecular flexibility index (Phi) is 17.8. The van der Waals surface area contributed by atoms with Gasteiger partial charge in [-0.2, -0.15) is 0 Å². The highest BCUT2D eigenvalue weighted by Gasteiger charge is 2.13. The molecule has 4 nitrogen and oxygen atoms in total. The fraction of sp³-hybridized carbons (Fsp3) is 0.955. The first kappa shape index (κ1) is 27.8. The standard InChI is InChI=1S/C13H30N2.C9H20N2/c1-7-8-9-14(6)10-11-15(12(2)3)13(4)5;1-8(2)11(9(3)4)7-6-10-5/h12-13H,7-11H2,1-6H3;6,8-9H,7H2,1-5H3. The van der Waals surface area contributed by atoms with E-state index in [0.717, 1.165) is 6.54 Å². The van der Waals surface area contributed by atoms with Crippen molar-refractivity contribution in [3.05, 3.63) is 0 Å². The van der Waals surface area contributed by atoms with E-state index in [2.05, 4.69) is 89.1 Å². The summed E-state index contributed by atoms with van der Waals surface area (Å²) in [4.78, 5) is 11.4. The number of aliphatic imine (C=N–C) groups is 1. The average Bonchev–Trinajstić information content (AvgIpc) is 2.52. The highest BCUT2D eigenvalue weighted by molar-refractivity contribution is 5.59. The number of unbranched alkanes of at least 4 members (excludes halogenated alkanes) is 1. The van der Waals surface area contributed by atoms with Gasteiger partial charge in [0.25, 0.3) is 0 Å². The molecule has 26 heavy (non-hydrogen) atoms. The van der Waals surface area contributed by atoms with Crippen LogP contribution in [0.5, 0.6) is 0 Å². The lowest BCUT2D eigenvalue weighted by Gasteiger charge is -2.32. The van der Waals surface area contributed by atoms with E-state index in [0.29, 0.717) is 24.2 Å². The van der Waals surface area contributed by atoms with Gasteiger partial charge in [-0.15, -0.1) is 0 Å². The van der Waals surface area contributed by atoms with Crippen LogP contribution >= 0.6 is 0 Å². The molecule has 0 aliphatic heterocycles. The molecule has 0 aromatic heterocycles. The van der Waals surface area contributed by atoms with Gasteiger partial charge in [-0.3, -0.25) is 14.8 Å². The lowest BCUT2D eigenvalue weighted by molar-refractivity contribution is 0.152. The summed E-state index contributed by atoms with van der Waals surface area (Å²) in [5.41, 5.74) is 0. The highest BCUT2D eigenvalue weighted by Crippen LogP contribution is 2.05. The van der Waals surface area contributed by atoms with Crippen molar-refractivity contribution in [1.82, 2.24) is 14.7 Å². The predicted octanol–water partition coefficient (Wildman–Crippen LogP) is 4.64. The lowest BCUT2D eigenvalue weighted by atomic mass is 10.2. The maximum Gasteiger partial charge on any atom is 0.0338 e. The van der Waals surface area contributed by atoms with Crippen LogP contribution in [0.3, 0.4) is 0 Å². The molecule has 158 valence electrons. The number of likely N-dealkylation sites (N-methyl/N-ethyl adjacent to an activating group) is 1. The Bertz CT molecular complexity index is 308. The molecule has 0 aliphatic carbocycles. The van der Waals surface area contributed by atoms with Gasteiger partial charge in [0.2, 0.25) is 0 Å². The molecule has 0 rings (SSSR count). The molecule has 0 bridgehead atoms. The molecule has 0 fully saturated rings. The van der Waals surface area contributed by atoms with Gasteiger partial charge in [-0.1, -0.05) is 13.3 Å². The summed E-state index contributed by atoms with van der Waals surface area (Å²) in [5.74, 6) is 0. The highest BCUT2D eigenvalue weighted by atomic mass is 15.2. The quantitative estimate of drug-likeness (QED) is 0.467. The maximum absolute atomic E-state index is 3.97. The summed E-state index contributed by atoms with van der Waals surface area (Å²) in [7, 11) is 4.05. The van der Waals surface area contributed by atoms with E-state index in [9.17, 15) is 0 Å². The van der Waals surface area contributed by atoms with Crippen LogP contribution in [-0.4, -0.2) is 85.4 Å². The van der Waals surface area contributed by atoms with Gasteiger partial charge in [0, 0.05) is 57.1 Å². The molecular weight excluding hydrogens is 320 g/mol. The van der Waals surface area contributed by atoms with Gasteiger partial charge in [0.1, 0.15) is 0 Å². The summed E-state index contributed by atoms with van der Waals surface area (Å²) < 4.78 is 0. The van der Waals surface area contributed by atoms with Crippen LogP contribution in [0, 0.1) is 0 Å². The van der Waals surface area contributed by atoms with Gasteiger partial charge in [-0.05, 0) is 75.4 Å². The molecule has 4 heteroatoms. The first-order valence-electron chi connectivity index (χ1n) is 10.7. The SMILES string of the molecule is CCCCN(C)CCN(C(C)C)C(C)C.CN=CCN(C(C)C)C(C)C. The van der Waals surface area contributed by atoms with Gasteiger partial charge in [0.05, 0.1) is 0 Å². The van der Waals surface area contributed by atoms with E-state index >= 15 is 0 Å². The Balaban J connectivity index is 0. The summed E-state index contributed by atoms with van der Waals surface area (Å²) in [6.45, 7) is 24.8. The Morgan fingerprint density at radius 2 is 1.19 bits per heavy atom. The second-order valence-electron chi connectivity index (χ2n) is 8.41. The molecule has 0 spiro atoms. The largest absolute Gasteiger partial charge is 0.305 e. The number of hydrogen-bond donors (Lipinski definition) is 0. The van der Waals surface area contributed by atoms with Crippen molar-refractivity contribution in [2.75, 3.05) is 40.3 Å². The molecule has 0 aromatic rings. The lowest BCUT2D eigenvalue weighted by Crippen LogP contribution is -2.42. The van der Waals surface area contributed by atoms with Crippen molar-refractivity contribution in [1.29, 1.82) is 0 Å². The van der Waals surface area contributed by atoms with Gasteiger partial charge in [0.15, 0.2) is 0 Å². The maximum atomic E-state index is 3.97. The second-order valence-corrected chi connectivity index (χ2v) is 8.41. The van der Waals surface area contributed by atoms with Crippen molar-refractivity contribution in [2.45, 2.75) is 99.3 Å². The molecule has 0 saturated carbocycles. The molecule has 0 aliphatic rings. The zero-order valence-corrected chi connectivity index (χ0v) is 19.9. The number of rotatable bonds is 12. The Labute approximate surface area is 166 Å². The molecule has 0 unspecified atom stereocenters. The summed E-state index contributed by atoms with van der Waals surface area (Å²) in [5, 5.41) is 0. The monoisotopic (exact) mass is 370 g/mol. The van der Waals surface area contributed by atoms with E-state index in [-0.39, 0.29) is 0 Å². The second kappa shape index (κ2) is 16.7. The fourth-order valence-corrected chi connectivity index (χ4v) is 3.13. The van der Waals surface area contributed by atoms with Gasteiger partial charge >= 0.3 is 0 Å². The zero-order chi connectivity index (χ0) is 20.7. The van der Waals surface area contributed by atoms with E-state index < -0.39 is 0 Å². The van der Waals surface area contributed by atoms with Gasteiger partial charge in [-0.25, -0.2) is 0 Å². The first-order chi connectivity index (χ1) is 12.1. The Hall–Kier alpha value is -0.450. The molecule has 0 amide bonds. The third-order valence-corrected chi connectivity index (χ3v) is 4.76. The van der Waals surface area contributed by atoms with Crippen molar-refractivity contribution in [3.63, 3.8) is 0 Å². The fourth-order valence-electron chi connectivity index (χ4n) is 3.13. The number of hydrogen-bond acceptors (Lipinski definition) is 4. The van der Waals surface area contributed by atoms with E-state index in [4.69, 9.17) is 0 Å². The van der Waals surface area contributed by atoms with Crippen LogP contribution < -0.4 is 0 Å². The molecule has 0 saturated heterocycles. The summed E-state index contributed by atoms with van der Waals surface area (Å²) in [6, 6.07) is 2.52. The minimum absolute atomic E-state index is 0.605. The van der Waals surface area contributed by atoms with Crippen molar-refractivity contribution >= 4 is 6.21 Å². The Morgan fingerprint density at radius 3 is 1.54 bits per heavy atom. The predicted molar refractivity (Wildman–Crippen MR) is 121 cm³/mol. The molecule has 0 heterocycles. The van der Waals surface area contributed by atoms with Crippen LogP contribution in [0.25, 0.3) is 0 Å². The minimum Gasteiger partial charge on any atom is -0.305 e. The van der Waals surface area contributed by atoms with Crippen LogP contribution in [-0.2, 0) is 0 Å². The van der Waals surface area contributed by atoms with Crippen molar-refractivity contribution in [2.24, 2.45) is 4.99 Å². The van der Waals surface area contributed by atoms with E-state index in [1.165, 1.54) is 32.5 Å². The minimum atomic E-state index is 0.605. The smallest absolute Gasteiger partial charge is 0.0338 e. The molecule has 0 atom stereocenters. The molecule has 0 N–H and O–H groups in total. The molecule has 0 aromatic carbocycles. The first-order valence-corrected chi connectivity index (χ1v) is 10.7. The van der Waals surface area contributed by atoms with E-state index in [1.807, 2.05) is 13.3 Å². The van der Waals surface area contributed by atoms with Crippen LogP contribution in [0.15, 0.2) is 4.99 Å². The number of nitrogens with zero attached hydrogens (tertiary/aromatic N) is 4. The van der Waals surface area contributed by atoms with Crippen molar-refractivity contribution < 1.29 is 0 Å². The normalized spacial score (nSPS) is 12.5. The van der Waals surface area contributed by atoms with Gasteiger partial charge < -0.3 is 4.90 Å². The average molecular weight is 371 g/mol. The topological polar surface area (TPSA) is 22.1 Å². The molecular formula is C22H50N4. The third-order valence-electron chi connectivity index (χ3n) is 4.76. The third kappa shape index (κ3) is 14.7.